The van der Waals surface area contributed by atoms with Crippen molar-refractivity contribution in [3.8, 4) is 0 Å². The van der Waals surface area contributed by atoms with Gasteiger partial charge in [0.25, 0.3) is 0 Å². The average molecular weight is 489 g/mol. The summed E-state index contributed by atoms with van der Waals surface area (Å²) >= 11 is 0. The van der Waals surface area contributed by atoms with E-state index in [4.69, 9.17) is 18.9 Å². The lowest BCUT2D eigenvalue weighted by atomic mass is 9.43. The van der Waals surface area contributed by atoms with Crippen LogP contribution in [0.25, 0.3) is 0 Å². The van der Waals surface area contributed by atoms with Gasteiger partial charge in [-0.05, 0) is 112 Å². The Balaban J connectivity index is 1.27. The first-order chi connectivity index (χ1) is 16.7. The Bertz CT molecular complexity index is 867. The minimum Gasteiger partial charge on any atom is -0.497 e. The Hall–Kier alpha value is -1.53. The van der Waals surface area contributed by atoms with E-state index >= 15 is 0 Å². The third-order valence-corrected chi connectivity index (χ3v) is 10.8. The van der Waals surface area contributed by atoms with Gasteiger partial charge < -0.3 is 24.1 Å². The van der Waals surface area contributed by atoms with Crippen LogP contribution in [0.1, 0.15) is 85.5 Å². The predicted molar refractivity (Wildman–Crippen MR) is 132 cm³/mol. The quantitative estimate of drug-likeness (QED) is 0.370. The number of hydrogen-bond acceptors (Lipinski definition) is 6. The maximum absolute atomic E-state index is 12.4. The summed E-state index contributed by atoms with van der Waals surface area (Å²) in [5, 5.41) is 12.4. The largest absolute Gasteiger partial charge is 0.510 e. The third kappa shape index (κ3) is 4.13. The summed E-state index contributed by atoms with van der Waals surface area (Å²) in [5.41, 5.74) is 0.811. The van der Waals surface area contributed by atoms with Gasteiger partial charge in [-0.15, -0.1) is 0 Å². The van der Waals surface area contributed by atoms with Gasteiger partial charge in [-0.3, -0.25) is 0 Å². The molecule has 0 aromatic rings. The molecule has 6 heteroatoms. The summed E-state index contributed by atoms with van der Waals surface area (Å²) in [4.78, 5) is 11.6. The van der Waals surface area contributed by atoms with Crippen LogP contribution in [0, 0.1) is 34.5 Å². The molecule has 1 heterocycles. The van der Waals surface area contributed by atoms with Crippen LogP contribution >= 0.6 is 0 Å². The van der Waals surface area contributed by atoms with E-state index in [9.17, 15) is 9.90 Å². The van der Waals surface area contributed by atoms with Crippen LogP contribution in [0.15, 0.2) is 24.0 Å². The van der Waals surface area contributed by atoms with E-state index < -0.39 is 18.0 Å². The normalized spacial score (nSPS) is 45.3. The molecule has 4 saturated carbocycles. The van der Waals surface area contributed by atoms with Crippen LogP contribution in [0.2, 0.25) is 0 Å². The summed E-state index contributed by atoms with van der Waals surface area (Å²) in [6, 6.07) is 0. The molecule has 4 aliphatic carbocycles. The maximum Gasteiger partial charge on any atom is 0.510 e. The number of ether oxygens (including phenoxy) is 4. The fraction of sp³-hybridized carbons (Fsp3) is 0.828. The molecule has 1 aliphatic heterocycles. The number of carbonyl (C=O) groups excluding carboxylic acids is 1. The van der Waals surface area contributed by atoms with Crippen molar-refractivity contribution in [3.63, 3.8) is 0 Å². The van der Waals surface area contributed by atoms with E-state index in [1.807, 2.05) is 6.26 Å². The Morgan fingerprint density at radius 1 is 1.14 bits per heavy atom. The highest BCUT2D eigenvalue weighted by molar-refractivity contribution is 5.59. The van der Waals surface area contributed by atoms with Crippen molar-refractivity contribution in [1.29, 1.82) is 0 Å². The number of hydrogen-bond donors (Lipinski definition) is 1. The second-order valence-electron chi connectivity index (χ2n) is 12.2. The Morgan fingerprint density at radius 2 is 1.97 bits per heavy atom. The molecule has 196 valence electrons. The maximum atomic E-state index is 12.4. The molecule has 0 aromatic carbocycles. The smallest absolute Gasteiger partial charge is 0.497 e. The van der Waals surface area contributed by atoms with Crippen molar-refractivity contribution in [2.45, 2.75) is 103 Å². The minimum atomic E-state index is -0.666. The summed E-state index contributed by atoms with van der Waals surface area (Å²) in [6.45, 7) is 9.33. The fourth-order valence-corrected chi connectivity index (χ4v) is 9.05. The van der Waals surface area contributed by atoms with Gasteiger partial charge in [0.2, 0.25) is 6.29 Å². The predicted octanol–water partition coefficient (Wildman–Crippen LogP) is 6.13. The Labute approximate surface area is 210 Å². The van der Waals surface area contributed by atoms with Gasteiger partial charge in [0.1, 0.15) is 6.61 Å². The molecule has 0 radical (unpaired) electrons. The molecule has 0 spiro atoms. The van der Waals surface area contributed by atoms with E-state index in [0.29, 0.717) is 36.9 Å². The lowest BCUT2D eigenvalue weighted by molar-refractivity contribution is -0.218. The molecule has 5 rings (SSSR count). The lowest BCUT2D eigenvalue weighted by Gasteiger charge is -2.63. The SMILES string of the molecule is CCOC(=O)OC(C)O[C@H]1CC[C@@]2(C)[C@H](CC[C@@H]3[C@@H]2CC[C@]2(C)[C@@H](C4=COCC=C4)CC[C@]32O)C1. The van der Waals surface area contributed by atoms with Gasteiger partial charge in [-0.25, -0.2) is 4.79 Å². The van der Waals surface area contributed by atoms with Crippen molar-refractivity contribution in [2.75, 3.05) is 13.2 Å². The van der Waals surface area contributed by atoms with Gasteiger partial charge in [0.05, 0.1) is 24.6 Å². The lowest BCUT2D eigenvalue weighted by Crippen LogP contribution is -2.62. The highest BCUT2D eigenvalue weighted by atomic mass is 16.8. The fourth-order valence-electron chi connectivity index (χ4n) is 9.05. The third-order valence-electron chi connectivity index (χ3n) is 10.8. The number of fused-ring (bicyclic) bond motifs is 5. The van der Waals surface area contributed by atoms with E-state index in [1.54, 1.807) is 13.8 Å². The van der Waals surface area contributed by atoms with Gasteiger partial charge in [-0.2, -0.15) is 0 Å². The van der Waals surface area contributed by atoms with Gasteiger partial charge in [0.15, 0.2) is 0 Å². The van der Waals surface area contributed by atoms with Crippen LogP contribution in [-0.2, 0) is 18.9 Å². The number of rotatable bonds is 5. The molecule has 0 bridgehead atoms. The molecule has 9 atom stereocenters. The van der Waals surface area contributed by atoms with E-state index in [1.165, 1.54) is 12.0 Å². The van der Waals surface area contributed by atoms with Crippen LogP contribution in [-0.4, -0.2) is 42.5 Å². The zero-order valence-corrected chi connectivity index (χ0v) is 22.0. The van der Waals surface area contributed by atoms with Crippen molar-refractivity contribution in [1.82, 2.24) is 0 Å². The van der Waals surface area contributed by atoms with Crippen molar-refractivity contribution in [2.24, 2.45) is 34.5 Å². The standard InChI is InChI=1S/C29H44O6/c1-5-33-26(30)35-19(2)34-22-10-13-27(3)21(17-22)8-9-25-24(27)11-14-28(4)23(12-15-29(25,28)31)20-7-6-16-32-18-20/h6-7,18-19,21-25,31H,5,8-17H2,1-4H3/t19?,21-,22+,23-,24+,25-,27+,28-,29+/m1/s1. The van der Waals surface area contributed by atoms with Crippen molar-refractivity contribution < 1.29 is 28.8 Å². The molecular formula is C29H44O6. The molecule has 6 nitrogen and oxygen atoms in total. The number of allylic oxidation sites excluding steroid dienone is 2. The second kappa shape index (κ2) is 9.41. The van der Waals surface area contributed by atoms with E-state index in [2.05, 4.69) is 26.0 Å². The molecule has 1 unspecified atom stereocenters. The van der Waals surface area contributed by atoms with E-state index in [0.717, 1.165) is 51.4 Å². The summed E-state index contributed by atoms with van der Waals surface area (Å²) in [6.07, 6.45) is 14.6. The first kappa shape index (κ1) is 25.1. The average Bonchev–Trinajstić information content (AvgIpc) is 3.11. The highest BCUT2D eigenvalue weighted by Crippen LogP contribution is 2.70. The van der Waals surface area contributed by atoms with Crippen LogP contribution in [0.5, 0.6) is 0 Å². The molecule has 0 aromatic heterocycles. The summed E-state index contributed by atoms with van der Waals surface area (Å²) in [5.74, 6) is 1.88. The van der Waals surface area contributed by atoms with Gasteiger partial charge >= 0.3 is 6.16 Å². The highest BCUT2D eigenvalue weighted by Gasteiger charge is 2.67. The first-order valence-electron chi connectivity index (χ1n) is 13.9. The zero-order valence-electron chi connectivity index (χ0n) is 22.0. The molecule has 5 aliphatic rings. The first-order valence-corrected chi connectivity index (χ1v) is 13.9. The molecule has 0 amide bonds. The van der Waals surface area contributed by atoms with Gasteiger partial charge in [-0.1, -0.05) is 19.9 Å². The number of carbonyl (C=O) groups is 1. The molecule has 1 N–H and O–H groups in total. The summed E-state index contributed by atoms with van der Waals surface area (Å²) in [7, 11) is 0. The summed E-state index contributed by atoms with van der Waals surface area (Å²) < 4.78 is 21.9. The second-order valence-corrected chi connectivity index (χ2v) is 12.2. The van der Waals surface area contributed by atoms with Crippen molar-refractivity contribution in [3.05, 3.63) is 24.0 Å². The Morgan fingerprint density at radius 3 is 2.71 bits per heavy atom. The van der Waals surface area contributed by atoms with Crippen LogP contribution in [0.4, 0.5) is 4.79 Å². The minimum absolute atomic E-state index is 0.0889. The molecule has 35 heavy (non-hydrogen) atoms. The van der Waals surface area contributed by atoms with Crippen LogP contribution in [0.3, 0.4) is 0 Å². The zero-order chi connectivity index (χ0) is 24.8. The van der Waals surface area contributed by atoms with E-state index in [-0.39, 0.29) is 16.9 Å². The van der Waals surface area contributed by atoms with Gasteiger partial charge in [0, 0.05) is 5.41 Å². The topological polar surface area (TPSA) is 74.2 Å². The molecule has 0 saturated heterocycles. The molecular weight excluding hydrogens is 444 g/mol. The Kier molecular flexibility index (Phi) is 6.75. The number of aliphatic hydroxyl groups is 1. The molecule has 4 fully saturated rings. The van der Waals surface area contributed by atoms with Crippen molar-refractivity contribution >= 4 is 6.16 Å². The monoisotopic (exact) mass is 488 g/mol. The van der Waals surface area contributed by atoms with Crippen LogP contribution < -0.4 is 0 Å².